The standard InChI is InChI=1S/CF2N4/c2-1(3)4-6-7-5-1. The van der Waals surface area contributed by atoms with Gasteiger partial charge in [-0.2, -0.15) is 8.78 Å². The monoisotopic (exact) mass is 106 g/mol. The van der Waals surface area contributed by atoms with Gasteiger partial charge >= 0.3 is 6.17 Å². The van der Waals surface area contributed by atoms with Gasteiger partial charge in [-0.25, -0.2) is 0 Å². The zero-order valence-electron chi connectivity index (χ0n) is 3.04. The van der Waals surface area contributed by atoms with Crippen molar-refractivity contribution < 1.29 is 8.78 Å². The van der Waals surface area contributed by atoms with Crippen molar-refractivity contribution in [2.75, 3.05) is 0 Å². The summed E-state index contributed by atoms with van der Waals surface area (Å²) in [4.78, 5) is 0. The topological polar surface area (TPSA) is 49.4 Å². The summed E-state index contributed by atoms with van der Waals surface area (Å²) in [6, 6.07) is 0. The Morgan fingerprint density at radius 2 is 1.43 bits per heavy atom. The minimum Gasteiger partial charge on any atom is -0.155 e. The average Bonchev–Trinajstić information content (AvgIpc) is 1.84. The van der Waals surface area contributed by atoms with E-state index >= 15 is 0 Å². The summed E-state index contributed by atoms with van der Waals surface area (Å²) in [6.45, 7) is 0. The summed E-state index contributed by atoms with van der Waals surface area (Å²) in [6.07, 6.45) is -3.39. The lowest BCUT2D eigenvalue weighted by atomic mass is 11.1. The molecule has 0 saturated carbocycles. The van der Waals surface area contributed by atoms with Gasteiger partial charge in [0, 0.05) is 0 Å². The van der Waals surface area contributed by atoms with Crippen LogP contribution in [0.25, 0.3) is 0 Å². The third-order valence-electron chi connectivity index (χ3n) is 0.370. The van der Waals surface area contributed by atoms with Crippen molar-refractivity contribution >= 4 is 0 Å². The predicted octanol–water partition coefficient (Wildman–Crippen LogP) is 1.37. The minimum absolute atomic E-state index is 2.33. The Kier molecular flexibility index (Phi) is 0.613. The molecule has 0 saturated heterocycles. The van der Waals surface area contributed by atoms with E-state index in [1.807, 2.05) is 0 Å². The number of alkyl halides is 2. The van der Waals surface area contributed by atoms with E-state index in [2.05, 4.69) is 20.7 Å². The van der Waals surface area contributed by atoms with Gasteiger partial charge < -0.3 is 0 Å². The fraction of sp³-hybridized carbons (Fsp3) is 1.00. The molecule has 0 aromatic rings. The van der Waals surface area contributed by atoms with Crippen LogP contribution in [0.5, 0.6) is 0 Å². The molecule has 0 bridgehead atoms. The lowest BCUT2D eigenvalue weighted by Gasteiger charge is -1.88. The number of nitrogens with zero attached hydrogens (tertiary/aromatic N) is 4. The van der Waals surface area contributed by atoms with Crippen molar-refractivity contribution in [2.24, 2.45) is 20.7 Å². The van der Waals surface area contributed by atoms with Crippen molar-refractivity contribution in [3.8, 4) is 0 Å². The van der Waals surface area contributed by atoms with Gasteiger partial charge in [0.1, 0.15) is 0 Å². The number of hydrogen-bond donors (Lipinski definition) is 0. The zero-order valence-corrected chi connectivity index (χ0v) is 3.04. The van der Waals surface area contributed by atoms with Crippen molar-refractivity contribution in [1.82, 2.24) is 0 Å². The van der Waals surface area contributed by atoms with Crippen LogP contribution in [0.15, 0.2) is 20.7 Å². The molecule has 0 aromatic carbocycles. The van der Waals surface area contributed by atoms with Gasteiger partial charge in [0.2, 0.25) is 0 Å². The second-order valence-corrected chi connectivity index (χ2v) is 0.888. The highest BCUT2D eigenvalue weighted by Gasteiger charge is 2.31. The van der Waals surface area contributed by atoms with Crippen molar-refractivity contribution in [3.05, 3.63) is 0 Å². The Labute approximate surface area is 36.9 Å². The molecule has 6 heteroatoms. The molecule has 1 aliphatic heterocycles. The van der Waals surface area contributed by atoms with E-state index in [0.29, 0.717) is 0 Å². The van der Waals surface area contributed by atoms with E-state index in [-0.39, 0.29) is 0 Å². The molecule has 0 radical (unpaired) electrons. The summed E-state index contributed by atoms with van der Waals surface area (Å²) in [5, 5.41) is 9.79. The van der Waals surface area contributed by atoms with Crippen LogP contribution in [0.1, 0.15) is 0 Å². The van der Waals surface area contributed by atoms with E-state index in [9.17, 15) is 8.78 Å². The zero-order chi connectivity index (χ0) is 5.33. The lowest BCUT2D eigenvalue weighted by molar-refractivity contribution is 0.0178. The Balaban J connectivity index is 2.77. The molecule has 38 valence electrons. The van der Waals surface area contributed by atoms with E-state index < -0.39 is 6.17 Å². The molecule has 0 amide bonds. The van der Waals surface area contributed by atoms with Crippen LogP contribution in [0.4, 0.5) is 8.78 Å². The molecule has 4 nitrogen and oxygen atoms in total. The molecular formula is CF2N4. The first-order valence-electron chi connectivity index (χ1n) is 1.43. The average molecular weight is 106 g/mol. The molecular weight excluding hydrogens is 106 g/mol. The Bertz CT molecular complexity index is 112. The second-order valence-electron chi connectivity index (χ2n) is 0.888. The van der Waals surface area contributed by atoms with E-state index in [1.165, 1.54) is 0 Å². The van der Waals surface area contributed by atoms with Gasteiger partial charge in [-0.15, -0.1) is 0 Å². The highest BCUT2D eigenvalue weighted by molar-refractivity contribution is 4.53. The number of hydrogen-bond acceptors (Lipinski definition) is 4. The molecule has 0 atom stereocenters. The van der Waals surface area contributed by atoms with Crippen LogP contribution in [-0.2, 0) is 0 Å². The van der Waals surface area contributed by atoms with Gasteiger partial charge in [0.25, 0.3) is 0 Å². The molecule has 1 rings (SSSR count). The normalized spacial score (nSPS) is 23.7. The van der Waals surface area contributed by atoms with Crippen LogP contribution in [0, 0.1) is 0 Å². The first-order chi connectivity index (χ1) is 3.21. The van der Waals surface area contributed by atoms with Gasteiger partial charge in [0.05, 0.1) is 0 Å². The number of rotatable bonds is 0. The molecule has 7 heavy (non-hydrogen) atoms. The maximum atomic E-state index is 11.4. The summed E-state index contributed by atoms with van der Waals surface area (Å²) in [5.74, 6) is 0. The van der Waals surface area contributed by atoms with Crippen LogP contribution in [0.3, 0.4) is 0 Å². The third-order valence-corrected chi connectivity index (χ3v) is 0.370. The molecule has 1 aliphatic rings. The minimum atomic E-state index is -3.39. The predicted molar refractivity (Wildman–Crippen MR) is 14.7 cm³/mol. The maximum absolute atomic E-state index is 11.4. The van der Waals surface area contributed by atoms with Crippen LogP contribution < -0.4 is 0 Å². The first kappa shape index (κ1) is 4.23. The second kappa shape index (κ2) is 1.02. The summed E-state index contributed by atoms with van der Waals surface area (Å²) in [5.41, 5.74) is 0. The molecule has 0 spiro atoms. The van der Waals surface area contributed by atoms with Gasteiger partial charge in [-0.3, -0.25) is 0 Å². The fourth-order valence-corrected chi connectivity index (χ4v) is 0.168. The van der Waals surface area contributed by atoms with Gasteiger partial charge in [-0.05, 0) is 10.4 Å². The number of halogens is 2. The van der Waals surface area contributed by atoms with E-state index in [4.69, 9.17) is 0 Å². The fourth-order valence-electron chi connectivity index (χ4n) is 0.168. The lowest BCUT2D eigenvalue weighted by Crippen LogP contribution is -2.01. The first-order valence-corrected chi connectivity index (χ1v) is 1.43. The van der Waals surface area contributed by atoms with Crippen LogP contribution in [0.2, 0.25) is 0 Å². The van der Waals surface area contributed by atoms with Crippen molar-refractivity contribution in [2.45, 2.75) is 6.17 Å². The Morgan fingerprint density at radius 3 is 1.57 bits per heavy atom. The van der Waals surface area contributed by atoms with Crippen LogP contribution in [-0.4, -0.2) is 6.17 Å². The van der Waals surface area contributed by atoms with E-state index in [1.54, 1.807) is 0 Å². The highest BCUT2D eigenvalue weighted by atomic mass is 19.3. The largest absolute Gasteiger partial charge is 0.487 e. The molecule has 0 aromatic heterocycles. The van der Waals surface area contributed by atoms with E-state index in [0.717, 1.165) is 0 Å². The maximum Gasteiger partial charge on any atom is 0.487 e. The smallest absolute Gasteiger partial charge is 0.155 e. The molecule has 1 heterocycles. The van der Waals surface area contributed by atoms with Gasteiger partial charge in [-0.1, -0.05) is 10.2 Å². The molecule has 0 fully saturated rings. The highest BCUT2D eigenvalue weighted by Crippen LogP contribution is 2.21. The summed E-state index contributed by atoms with van der Waals surface area (Å²) in [7, 11) is 0. The Morgan fingerprint density at radius 1 is 1.00 bits per heavy atom. The summed E-state index contributed by atoms with van der Waals surface area (Å²) >= 11 is 0. The van der Waals surface area contributed by atoms with Crippen molar-refractivity contribution in [1.29, 1.82) is 0 Å². The summed E-state index contributed by atoms with van der Waals surface area (Å²) < 4.78 is 22.8. The van der Waals surface area contributed by atoms with Crippen molar-refractivity contribution in [3.63, 3.8) is 0 Å². The SMILES string of the molecule is FC1(F)N=NN=N1. The molecule has 0 aliphatic carbocycles. The third kappa shape index (κ3) is 0.729. The molecule has 0 unspecified atom stereocenters. The molecule has 0 N–H and O–H groups in total. The Hall–Kier alpha value is -0.940. The van der Waals surface area contributed by atoms with Crippen LogP contribution >= 0.6 is 0 Å². The van der Waals surface area contributed by atoms with Gasteiger partial charge in [0.15, 0.2) is 0 Å². The quantitative estimate of drug-likeness (QED) is 0.419.